The monoisotopic (exact) mass is 512 g/mol. The lowest BCUT2D eigenvalue weighted by Crippen LogP contribution is -2.44. The lowest BCUT2D eigenvalue weighted by atomic mass is 10.1. The van der Waals surface area contributed by atoms with Gasteiger partial charge in [0.1, 0.15) is 11.6 Å². The summed E-state index contributed by atoms with van der Waals surface area (Å²) < 4.78 is 33.2. The van der Waals surface area contributed by atoms with Gasteiger partial charge in [0.05, 0.1) is 0 Å². The predicted molar refractivity (Wildman–Crippen MR) is 133 cm³/mol. The zero-order valence-electron chi connectivity index (χ0n) is 19.8. The molecule has 188 valence electrons. The molecule has 0 aliphatic heterocycles. The van der Waals surface area contributed by atoms with Gasteiger partial charge in [-0.2, -0.15) is 0 Å². The van der Waals surface area contributed by atoms with Crippen LogP contribution in [-0.4, -0.2) is 59.4 Å². The van der Waals surface area contributed by atoms with Crippen molar-refractivity contribution in [1.82, 2.24) is 9.21 Å². The van der Waals surface area contributed by atoms with Crippen molar-refractivity contribution in [3.8, 4) is 17.2 Å². The van der Waals surface area contributed by atoms with Crippen molar-refractivity contribution >= 4 is 27.7 Å². The molecule has 2 aromatic rings. The third kappa shape index (κ3) is 8.07. The molecule has 2 rings (SSSR count). The molecule has 8 nitrogen and oxygen atoms in total. The average Bonchev–Trinajstić information content (AvgIpc) is 2.79. The van der Waals surface area contributed by atoms with Gasteiger partial charge in [-0.1, -0.05) is 50.9 Å². The van der Waals surface area contributed by atoms with Gasteiger partial charge in [-0.05, 0) is 54.7 Å². The van der Waals surface area contributed by atoms with Crippen molar-refractivity contribution in [3.05, 3.63) is 53.1 Å². The van der Waals surface area contributed by atoms with Gasteiger partial charge in [-0.3, -0.25) is 4.90 Å². The Morgan fingerprint density at radius 3 is 2.38 bits per heavy atom. The fraction of sp³-hybridized carbons (Fsp3) is 0.458. The Morgan fingerprint density at radius 1 is 1.12 bits per heavy atom. The molecular weight excluding hydrogens is 480 g/mol. The van der Waals surface area contributed by atoms with Crippen LogP contribution >= 0.6 is 11.6 Å². The number of nitrogens with zero attached hydrogens (tertiary/aromatic N) is 2. The Morgan fingerprint density at radius 2 is 1.79 bits per heavy atom. The molecule has 0 radical (unpaired) electrons. The van der Waals surface area contributed by atoms with Crippen LogP contribution in [0.15, 0.2) is 42.5 Å². The van der Waals surface area contributed by atoms with E-state index < -0.39 is 22.0 Å². The van der Waals surface area contributed by atoms with E-state index in [1.807, 2.05) is 20.8 Å². The number of phenolic OH excluding ortho intramolecular Hbond substituents is 1. The van der Waals surface area contributed by atoms with Crippen LogP contribution in [0.25, 0.3) is 0 Å². The van der Waals surface area contributed by atoms with Crippen molar-refractivity contribution in [2.75, 3.05) is 25.5 Å². The second-order valence-corrected chi connectivity index (χ2v) is 10.6. The molecule has 0 saturated heterocycles. The first-order chi connectivity index (χ1) is 16.1. The number of benzene rings is 2. The van der Waals surface area contributed by atoms with Crippen LogP contribution < -0.4 is 4.74 Å². The number of rotatable bonds is 13. The van der Waals surface area contributed by atoms with Crippen LogP contribution in [0.1, 0.15) is 39.2 Å². The van der Waals surface area contributed by atoms with E-state index in [9.17, 15) is 23.4 Å². The van der Waals surface area contributed by atoms with Crippen LogP contribution in [0.5, 0.6) is 17.2 Å². The van der Waals surface area contributed by atoms with E-state index in [4.69, 9.17) is 16.3 Å². The van der Waals surface area contributed by atoms with Crippen LogP contribution in [0.3, 0.4) is 0 Å². The van der Waals surface area contributed by atoms with Gasteiger partial charge in [-0.15, -0.1) is 0 Å². The van der Waals surface area contributed by atoms with Crippen molar-refractivity contribution in [3.63, 3.8) is 0 Å². The lowest BCUT2D eigenvalue weighted by molar-refractivity contribution is 0.145. The van der Waals surface area contributed by atoms with Gasteiger partial charge in [0, 0.05) is 24.7 Å². The van der Waals surface area contributed by atoms with E-state index in [1.54, 1.807) is 42.5 Å². The number of ether oxygens (including phenoxy) is 1. The molecule has 10 heteroatoms. The highest BCUT2D eigenvalue weighted by molar-refractivity contribution is 7.89. The summed E-state index contributed by atoms with van der Waals surface area (Å²) in [6.07, 6.45) is 0.297. The molecule has 2 N–H and O–H groups in total. The standard InChI is InChI=1S/C24H33ClN2O6S/c1-4-14-27(34(31,32)17-26(24(29)30)16-18(3)5-2)15-13-19-7-6-8-22(23(19)28)33-21-11-9-20(25)10-12-21/h6-12,18,28H,4-5,13-17H2,1-3H3,(H,29,30). The van der Waals surface area contributed by atoms with Gasteiger partial charge < -0.3 is 14.9 Å². The van der Waals surface area contributed by atoms with Crippen molar-refractivity contribution < 1.29 is 28.2 Å². The van der Waals surface area contributed by atoms with Crippen molar-refractivity contribution in [1.29, 1.82) is 0 Å². The quantitative estimate of drug-likeness (QED) is 0.372. The van der Waals surface area contributed by atoms with Crippen LogP contribution in [0.4, 0.5) is 4.79 Å². The van der Waals surface area contributed by atoms with E-state index in [-0.39, 0.29) is 43.5 Å². The summed E-state index contributed by atoms with van der Waals surface area (Å²) in [7, 11) is -3.88. The number of amides is 1. The Kier molecular flexibility index (Phi) is 10.5. The highest BCUT2D eigenvalue weighted by Crippen LogP contribution is 2.34. The van der Waals surface area contributed by atoms with E-state index in [1.165, 1.54) is 4.31 Å². The molecule has 0 spiro atoms. The maximum atomic E-state index is 13.1. The minimum Gasteiger partial charge on any atom is -0.504 e. The molecule has 0 aliphatic rings. The first kappa shape index (κ1) is 27.8. The summed E-state index contributed by atoms with van der Waals surface area (Å²) in [5, 5.41) is 20.7. The number of aromatic hydroxyl groups is 1. The summed E-state index contributed by atoms with van der Waals surface area (Å²) in [4.78, 5) is 12.6. The summed E-state index contributed by atoms with van der Waals surface area (Å²) in [6, 6.07) is 11.7. The van der Waals surface area contributed by atoms with Crippen molar-refractivity contribution in [2.45, 2.75) is 40.0 Å². The van der Waals surface area contributed by atoms with E-state index in [0.29, 0.717) is 22.8 Å². The maximum Gasteiger partial charge on any atom is 0.408 e. The Labute approximate surface area is 206 Å². The molecule has 0 heterocycles. The minimum atomic E-state index is -3.88. The fourth-order valence-corrected chi connectivity index (χ4v) is 5.07. The fourth-order valence-electron chi connectivity index (χ4n) is 3.34. The summed E-state index contributed by atoms with van der Waals surface area (Å²) >= 11 is 5.89. The van der Waals surface area contributed by atoms with Gasteiger partial charge in [0.15, 0.2) is 11.5 Å². The number of halogens is 1. The molecule has 2 aromatic carbocycles. The Balaban J connectivity index is 2.15. The third-order valence-electron chi connectivity index (χ3n) is 5.44. The average molecular weight is 513 g/mol. The van der Waals surface area contributed by atoms with Gasteiger partial charge >= 0.3 is 6.09 Å². The molecule has 1 unspecified atom stereocenters. The highest BCUT2D eigenvalue weighted by Gasteiger charge is 2.28. The molecule has 1 atom stereocenters. The third-order valence-corrected chi connectivity index (χ3v) is 7.48. The van der Waals surface area contributed by atoms with Gasteiger partial charge in [0.2, 0.25) is 10.0 Å². The number of carbonyl (C=O) groups is 1. The number of hydrogen-bond acceptors (Lipinski definition) is 5. The summed E-state index contributed by atoms with van der Waals surface area (Å²) in [5.41, 5.74) is 0.525. The molecule has 0 aliphatic carbocycles. The minimum absolute atomic E-state index is 0.0475. The molecular formula is C24H33ClN2O6S. The number of phenols is 1. The second-order valence-electron chi connectivity index (χ2n) is 8.23. The number of para-hydroxylation sites is 1. The predicted octanol–water partition coefficient (Wildman–Crippen LogP) is 5.41. The topological polar surface area (TPSA) is 107 Å². The molecule has 1 amide bonds. The van der Waals surface area contributed by atoms with Crippen LogP contribution in [-0.2, 0) is 16.4 Å². The SMILES string of the molecule is CCCN(CCc1cccc(Oc2ccc(Cl)cc2)c1O)S(=O)(=O)CN(CC(C)CC)C(=O)O. The van der Waals surface area contributed by atoms with Crippen molar-refractivity contribution in [2.24, 2.45) is 5.92 Å². The van der Waals surface area contributed by atoms with Gasteiger partial charge in [-0.25, -0.2) is 17.5 Å². The molecule has 0 bridgehead atoms. The lowest BCUT2D eigenvalue weighted by Gasteiger charge is -2.27. The van der Waals surface area contributed by atoms with E-state index in [2.05, 4.69) is 0 Å². The number of carboxylic acid groups (broad SMARTS) is 1. The first-order valence-corrected chi connectivity index (χ1v) is 13.3. The van der Waals surface area contributed by atoms with E-state index >= 15 is 0 Å². The zero-order valence-corrected chi connectivity index (χ0v) is 21.3. The number of sulfonamides is 1. The smallest absolute Gasteiger partial charge is 0.408 e. The molecule has 0 fully saturated rings. The maximum absolute atomic E-state index is 13.1. The normalized spacial score (nSPS) is 12.5. The van der Waals surface area contributed by atoms with E-state index in [0.717, 1.165) is 11.3 Å². The van der Waals surface area contributed by atoms with Crippen LogP contribution in [0, 0.1) is 5.92 Å². The summed E-state index contributed by atoms with van der Waals surface area (Å²) in [6.45, 7) is 6.17. The Bertz CT molecular complexity index is 1050. The zero-order chi connectivity index (χ0) is 25.3. The second kappa shape index (κ2) is 12.8. The number of hydrogen-bond donors (Lipinski definition) is 2. The van der Waals surface area contributed by atoms with Gasteiger partial charge in [0.25, 0.3) is 0 Å². The first-order valence-electron chi connectivity index (χ1n) is 11.3. The highest BCUT2D eigenvalue weighted by atomic mass is 35.5. The molecule has 0 aromatic heterocycles. The molecule has 34 heavy (non-hydrogen) atoms. The Hall–Kier alpha value is -2.49. The molecule has 0 saturated carbocycles. The summed E-state index contributed by atoms with van der Waals surface area (Å²) in [5.74, 6) is 0.122. The van der Waals surface area contributed by atoms with Crippen LogP contribution in [0.2, 0.25) is 5.02 Å². The largest absolute Gasteiger partial charge is 0.504 e.